The van der Waals surface area contributed by atoms with Crippen molar-refractivity contribution in [3.63, 3.8) is 0 Å². The molecule has 0 aliphatic carbocycles. The zero-order chi connectivity index (χ0) is 16.8. The summed E-state index contributed by atoms with van der Waals surface area (Å²) in [6.45, 7) is 0.950. The molecule has 0 fully saturated rings. The predicted octanol–water partition coefficient (Wildman–Crippen LogP) is 3.03. The van der Waals surface area contributed by atoms with Crippen LogP contribution < -0.4 is 10.1 Å². The highest BCUT2D eigenvalue weighted by Crippen LogP contribution is 2.36. The van der Waals surface area contributed by atoms with Gasteiger partial charge in [0.1, 0.15) is 5.75 Å². The lowest BCUT2D eigenvalue weighted by Crippen LogP contribution is -2.45. The molecule has 0 saturated heterocycles. The van der Waals surface area contributed by atoms with Crippen molar-refractivity contribution in [1.29, 1.82) is 0 Å². The second kappa shape index (κ2) is 7.68. The number of benzene rings is 1. The number of hydrogen-bond donors (Lipinski definition) is 2. The summed E-state index contributed by atoms with van der Waals surface area (Å²) in [6, 6.07) is 4.77. The Hall–Kier alpha value is -1.48. The van der Waals surface area contributed by atoms with Crippen LogP contribution in [-0.2, 0) is 6.54 Å². The molecule has 0 radical (unpaired) electrons. The van der Waals surface area contributed by atoms with Crippen LogP contribution in [0.15, 0.2) is 24.3 Å². The summed E-state index contributed by atoms with van der Waals surface area (Å²) in [5, 5.41) is 11.5. The lowest BCUT2D eigenvalue weighted by atomic mass is 10.2. The Morgan fingerprint density at radius 3 is 2.18 bits per heavy atom. The molecule has 0 saturated carbocycles. The third-order valence-corrected chi connectivity index (χ3v) is 2.60. The van der Waals surface area contributed by atoms with E-state index in [4.69, 9.17) is 5.11 Å². The molecule has 126 valence electrons. The quantitative estimate of drug-likeness (QED) is 0.568. The molecule has 1 aromatic carbocycles. The number of hydrogen-bond acceptors (Lipinski definition) is 3. The summed E-state index contributed by atoms with van der Waals surface area (Å²) in [5.41, 5.74) is 0.668. The first-order valence-electron chi connectivity index (χ1n) is 6.35. The zero-order valence-corrected chi connectivity index (χ0v) is 11.3. The largest absolute Gasteiger partial charge is 0.439 e. The maximum atomic E-state index is 13.0. The van der Waals surface area contributed by atoms with E-state index < -0.39 is 24.2 Å². The van der Waals surface area contributed by atoms with Gasteiger partial charge in [0.05, 0.1) is 0 Å². The van der Waals surface area contributed by atoms with Crippen LogP contribution >= 0.6 is 0 Å². The van der Waals surface area contributed by atoms with Gasteiger partial charge in [-0.15, -0.1) is 0 Å². The van der Waals surface area contributed by atoms with Crippen LogP contribution in [-0.4, -0.2) is 36.7 Å². The van der Waals surface area contributed by atoms with Crippen LogP contribution in [0.4, 0.5) is 26.3 Å². The Balaban J connectivity index is 2.60. The van der Waals surface area contributed by atoms with Crippen LogP contribution in [0.25, 0.3) is 0 Å². The first-order valence-corrected chi connectivity index (χ1v) is 6.35. The Kier molecular flexibility index (Phi) is 6.48. The molecule has 0 amide bonds. The third kappa shape index (κ3) is 5.72. The Labute approximate surface area is 122 Å². The van der Waals surface area contributed by atoms with Crippen molar-refractivity contribution in [2.45, 2.75) is 31.4 Å². The van der Waals surface area contributed by atoms with E-state index in [1.54, 1.807) is 0 Å². The van der Waals surface area contributed by atoms with Gasteiger partial charge in [-0.25, -0.2) is 4.39 Å². The summed E-state index contributed by atoms with van der Waals surface area (Å²) in [6.07, 6.45) is -14.6. The van der Waals surface area contributed by atoms with Crippen molar-refractivity contribution in [2.24, 2.45) is 0 Å². The van der Waals surface area contributed by atoms with E-state index in [0.29, 0.717) is 25.1 Å². The lowest BCUT2D eigenvalue weighted by molar-refractivity contribution is -0.304. The second-order valence-corrected chi connectivity index (χ2v) is 4.47. The van der Waals surface area contributed by atoms with E-state index in [2.05, 4.69) is 10.1 Å². The standard InChI is InChI=1S/C13H15F6NO2/c14-11(12(15,16)17)13(18,19)22-10-4-2-9(3-5-10)8-20-6-1-7-21/h2-5,11,20-21H,1,6-8H2. The van der Waals surface area contributed by atoms with E-state index in [-0.39, 0.29) is 6.61 Å². The Morgan fingerprint density at radius 2 is 1.68 bits per heavy atom. The van der Waals surface area contributed by atoms with Crippen molar-refractivity contribution in [1.82, 2.24) is 5.32 Å². The smallest absolute Gasteiger partial charge is 0.430 e. The van der Waals surface area contributed by atoms with Crippen molar-refractivity contribution in [3.8, 4) is 5.75 Å². The minimum Gasteiger partial charge on any atom is -0.430 e. The third-order valence-electron chi connectivity index (χ3n) is 2.60. The van der Waals surface area contributed by atoms with Crippen LogP contribution in [0.1, 0.15) is 12.0 Å². The second-order valence-electron chi connectivity index (χ2n) is 4.47. The Bertz CT molecular complexity index is 449. The molecular weight excluding hydrogens is 316 g/mol. The summed E-state index contributed by atoms with van der Waals surface area (Å²) >= 11 is 0. The molecular formula is C13H15F6NO2. The molecule has 0 aliphatic rings. The van der Waals surface area contributed by atoms with E-state index in [0.717, 1.165) is 12.1 Å². The lowest BCUT2D eigenvalue weighted by Gasteiger charge is -2.23. The van der Waals surface area contributed by atoms with Gasteiger partial charge in [0.25, 0.3) is 6.17 Å². The van der Waals surface area contributed by atoms with Gasteiger partial charge >= 0.3 is 12.3 Å². The van der Waals surface area contributed by atoms with Gasteiger partial charge in [0.2, 0.25) is 0 Å². The van der Waals surface area contributed by atoms with Gasteiger partial charge < -0.3 is 15.2 Å². The zero-order valence-electron chi connectivity index (χ0n) is 11.3. The van der Waals surface area contributed by atoms with Crippen molar-refractivity contribution in [2.75, 3.05) is 13.2 Å². The molecule has 22 heavy (non-hydrogen) atoms. The highest BCUT2D eigenvalue weighted by Gasteiger charge is 2.59. The molecule has 0 aliphatic heterocycles. The van der Waals surface area contributed by atoms with E-state index >= 15 is 0 Å². The molecule has 1 atom stereocenters. The SMILES string of the molecule is OCCCNCc1ccc(OC(F)(F)C(F)C(F)(F)F)cc1. The normalized spacial score (nSPS) is 14.0. The number of rotatable bonds is 8. The molecule has 1 unspecified atom stereocenters. The first kappa shape index (κ1) is 18.6. The van der Waals surface area contributed by atoms with Gasteiger partial charge in [-0.2, -0.15) is 22.0 Å². The molecule has 1 aromatic rings. The Morgan fingerprint density at radius 1 is 1.09 bits per heavy atom. The summed E-state index contributed by atoms with van der Waals surface area (Å²) in [7, 11) is 0. The van der Waals surface area contributed by atoms with Gasteiger partial charge in [0.15, 0.2) is 0 Å². The number of aliphatic hydroxyl groups is 1. The van der Waals surface area contributed by atoms with Gasteiger partial charge in [0, 0.05) is 13.2 Å². The minimum atomic E-state index is -5.71. The van der Waals surface area contributed by atoms with Crippen molar-refractivity contribution >= 4 is 0 Å². The molecule has 3 nitrogen and oxygen atoms in total. The number of aliphatic hydroxyl groups excluding tert-OH is 1. The van der Waals surface area contributed by atoms with E-state index in [1.807, 2.05) is 0 Å². The maximum Gasteiger partial charge on any atom is 0.439 e. The highest BCUT2D eigenvalue weighted by molar-refractivity contribution is 5.27. The maximum absolute atomic E-state index is 13.0. The molecule has 0 aromatic heterocycles. The van der Waals surface area contributed by atoms with Crippen molar-refractivity contribution < 1.29 is 36.2 Å². The average molecular weight is 331 g/mol. The van der Waals surface area contributed by atoms with Gasteiger partial charge in [-0.05, 0) is 30.7 Å². The monoisotopic (exact) mass is 331 g/mol. The molecule has 0 bridgehead atoms. The van der Waals surface area contributed by atoms with Crippen LogP contribution in [0, 0.1) is 0 Å². The minimum absolute atomic E-state index is 0.0263. The summed E-state index contributed by atoms with van der Waals surface area (Å²) in [5.74, 6) is -0.573. The first-order chi connectivity index (χ1) is 10.2. The van der Waals surface area contributed by atoms with E-state index in [1.165, 1.54) is 12.1 Å². The number of halogens is 6. The van der Waals surface area contributed by atoms with E-state index in [9.17, 15) is 26.3 Å². The molecule has 0 heterocycles. The van der Waals surface area contributed by atoms with Crippen molar-refractivity contribution in [3.05, 3.63) is 29.8 Å². The molecule has 2 N–H and O–H groups in total. The molecule has 0 spiro atoms. The van der Waals surface area contributed by atoms with Crippen LogP contribution in [0.3, 0.4) is 0 Å². The average Bonchev–Trinajstić information content (AvgIpc) is 2.43. The number of ether oxygens (including phenoxy) is 1. The fourth-order valence-corrected chi connectivity index (χ4v) is 1.51. The topological polar surface area (TPSA) is 41.5 Å². The fraction of sp³-hybridized carbons (Fsp3) is 0.538. The number of nitrogens with one attached hydrogen (secondary N) is 1. The van der Waals surface area contributed by atoms with Gasteiger partial charge in [-0.3, -0.25) is 0 Å². The van der Waals surface area contributed by atoms with Crippen LogP contribution in [0.5, 0.6) is 5.75 Å². The summed E-state index contributed by atoms with van der Waals surface area (Å²) < 4.78 is 78.4. The summed E-state index contributed by atoms with van der Waals surface area (Å²) in [4.78, 5) is 0. The predicted molar refractivity (Wildman–Crippen MR) is 66.4 cm³/mol. The fourth-order valence-electron chi connectivity index (χ4n) is 1.51. The molecule has 1 rings (SSSR count). The number of alkyl halides is 6. The van der Waals surface area contributed by atoms with Gasteiger partial charge in [-0.1, -0.05) is 12.1 Å². The van der Waals surface area contributed by atoms with Crippen LogP contribution in [0.2, 0.25) is 0 Å². The molecule has 9 heteroatoms. The highest BCUT2D eigenvalue weighted by atomic mass is 19.4.